The molecule has 1 aromatic carbocycles. The quantitative estimate of drug-likeness (QED) is 0.465. The molecule has 0 aliphatic heterocycles. The molecular weight excluding hydrogens is 196 g/mol. The predicted octanol–water partition coefficient (Wildman–Crippen LogP) is 4.29. The van der Waals surface area contributed by atoms with Crippen LogP contribution in [0.25, 0.3) is 0 Å². The third-order valence-electron chi connectivity index (χ3n) is 2.42. The van der Waals surface area contributed by atoms with E-state index < -0.39 is 0 Å². The van der Waals surface area contributed by atoms with Crippen molar-refractivity contribution in [3.63, 3.8) is 0 Å². The van der Waals surface area contributed by atoms with Gasteiger partial charge in [0.25, 0.3) is 0 Å². The first-order valence-electron chi connectivity index (χ1n) is 5.76. The molecule has 1 rings (SSSR count). The van der Waals surface area contributed by atoms with Crippen LogP contribution in [0.4, 0.5) is 0 Å². The van der Waals surface area contributed by atoms with Gasteiger partial charge in [-0.25, -0.2) is 0 Å². The lowest BCUT2D eigenvalue weighted by molar-refractivity contribution is 0.0535. The lowest BCUT2D eigenvalue weighted by atomic mass is 10.1. The highest BCUT2D eigenvalue weighted by Gasteiger charge is 2.08. The minimum Gasteiger partial charge on any atom is -0.373 e. The van der Waals surface area contributed by atoms with Gasteiger partial charge in [-0.2, -0.15) is 0 Å². The molecule has 0 amide bonds. The monoisotopic (exact) mass is 216 g/mol. The standard InChI is InChI=1S/C15H20O/c1-3-5-9-13-16-15(10-4-2)14-11-7-6-8-12-14/h3-4,6-8,11-12,15H,1-2,5,9-10,13H2. The average molecular weight is 216 g/mol. The summed E-state index contributed by atoms with van der Waals surface area (Å²) in [4.78, 5) is 0. The molecule has 1 unspecified atom stereocenters. The summed E-state index contributed by atoms with van der Waals surface area (Å²) in [5.74, 6) is 0. The average Bonchev–Trinajstić information content (AvgIpc) is 2.34. The molecule has 0 fully saturated rings. The van der Waals surface area contributed by atoms with Crippen molar-refractivity contribution in [3.8, 4) is 0 Å². The maximum Gasteiger partial charge on any atom is 0.0859 e. The van der Waals surface area contributed by atoms with E-state index in [9.17, 15) is 0 Å². The smallest absolute Gasteiger partial charge is 0.0859 e. The van der Waals surface area contributed by atoms with Crippen LogP contribution >= 0.6 is 0 Å². The van der Waals surface area contributed by atoms with Crippen molar-refractivity contribution in [1.29, 1.82) is 0 Å². The Morgan fingerprint density at radius 3 is 2.50 bits per heavy atom. The summed E-state index contributed by atoms with van der Waals surface area (Å²) in [6.07, 6.45) is 6.88. The van der Waals surface area contributed by atoms with Crippen molar-refractivity contribution < 1.29 is 4.74 Å². The fraction of sp³-hybridized carbons (Fsp3) is 0.333. The van der Waals surface area contributed by atoms with Crippen molar-refractivity contribution in [2.45, 2.75) is 25.4 Å². The third-order valence-corrected chi connectivity index (χ3v) is 2.42. The minimum atomic E-state index is 0.142. The molecule has 0 heterocycles. The highest BCUT2D eigenvalue weighted by atomic mass is 16.5. The van der Waals surface area contributed by atoms with Crippen LogP contribution in [0.3, 0.4) is 0 Å². The molecule has 16 heavy (non-hydrogen) atoms. The van der Waals surface area contributed by atoms with E-state index in [2.05, 4.69) is 25.3 Å². The zero-order valence-corrected chi connectivity index (χ0v) is 9.77. The molecule has 0 radical (unpaired) electrons. The number of unbranched alkanes of at least 4 members (excludes halogenated alkanes) is 1. The van der Waals surface area contributed by atoms with E-state index in [1.165, 1.54) is 5.56 Å². The Labute approximate surface area is 98.5 Å². The van der Waals surface area contributed by atoms with Gasteiger partial charge in [-0.15, -0.1) is 13.2 Å². The first-order valence-corrected chi connectivity index (χ1v) is 5.76. The van der Waals surface area contributed by atoms with Crippen LogP contribution in [0, 0.1) is 0 Å². The van der Waals surface area contributed by atoms with Crippen LogP contribution in [0.5, 0.6) is 0 Å². The van der Waals surface area contributed by atoms with Gasteiger partial charge in [0.1, 0.15) is 0 Å². The van der Waals surface area contributed by atoms with Crippen molar-refractivity contribution in [3.05, 3.63) is 61.2 Å². The normalized spacial score (nSPS) is 12.0. The Bertz CT molecular complexity index is 302. The minimum absolute atomic E-state index is 0.142. The number of allylic oxidation sites excluding steroid dienone is 1. The fourth-order valence-corrected chi connectivity index (χ4v) is 1.57. The van der Waals surface area contributed by atoms with Crippen LogP contribution in [-0.4, -0.2) is 6.61 Å². The second-order valence-corrected chi connectivity index (χ2v) is 3.73. The van der Waals surface area contributed by atoms with Crippen LogP contribution in [0.15, 0.2) is 55.6 Å². The van der Waals surface area contributed by atoms with Crippen molar-refractivity contribution in [2.75, 3.05) is 6.61 Å². The molecule has 0 aliphatic carbocycles. The zero-order valence-electron chi connectivity index (χ0n) is 9.77. The second-order valence-electron chi connectivity index (χ2n) is 3.73. The molecule has 1 atom stereocenters. The van der Waals surface area contributed by atoms with Gasteiger partial charge in [0.15, 0.2) is 0 Å². The summed E-state index contributed by atoms with van der Waals surface area (Å²) in [5, 5.41) is 0. The van der Waals surface area contributed by atoms with Crippen LogP contribution in [0.1, 0.15) is 30.9 Å². The van der Waals surface area contributed by atoms with E-state index in [4.69, 9.17) is 4.74 Å². The Kier molecular flexibility index (Phi) is 6.28. The zero-order chi connectivity index (χ0) is 11.6. The summed E-state index contributed by atoms with van der Waals surface area (Å²) in [7, 11) is 0. The highest BCUT2D eigenvalue weighted by Crippen LogP contribution is 2.21. The van der Waals surface area contributed by atoms with Gasteiger partial charge in [0.05, 0.1) is 6.10 Å². The molecule has 0 saturated carbocycles. The van der Waals surface area contributed by atoms with Crippen LogP contribution in [0.2, 0.25) is 0 Å². The van der Waals surface area contributed by atoms with Gasteiger partial charge >= 0.3 is 0 Å². The van der Waals surface area contributed by atoms with E-state index in [1.54, 1.807) is 0 Å². The molecule has 1 nitrogen and oxygen atoms in total. The van der Waals surface area contributed by atoms with Crippen molar-refractivity contribution in [2.24, 2.45) is 0 Å². The second kappa shape index (κ2) is 7.89. The van der Waals surface area contributed by atoms with Gasteiger partial charge in [-0.05, 0) is 24.8 Å². The van der Waals surface area contributed by atoms with E-state index in [1.807, 2.05) is 30.4 Å². The number of ether oxygens (including phenoxy) is 1. The lowest BCUT2D eigenvalue weighted by Crippen LogP contribution is -2.04. The molecule has 0 bridgehead atoms. The Balaban J connectivity index is 2.47. The number of hydrogen-bond donors (Lipinski definition) is 0. The molecule has 0 saturated heterocycles. The van der Waals surface area contributed by atoms with Crippen LogP contribution < -0.4 is 0 Å². The fourth-order valence-electron chi connectivity index (χ4n) is 1.57. The van der Waals surface area contributed by atoms with Gasteiger partial charge in [0, 0.05) is 6.61 Å². The molecule has 0 N–H and O–H groups in total. The van der Waals surface area contributed by atoms with Crippen molar-refractivity contribution in [1.82, 2.24) is 0 Å². The third kappa shape index (κ3) is 4.45. The Morgan fingerprint density at radius 2 is 1.88 bits per heavy atom. The van der Waals surface area contributed by atoms with Gasteiger partial charge in [0.2, 0.25) is 0 Å². The summed E-state index contributed by atoms with van der Waals surface area (Å²) in [6, 6.07) is 10.3. The highest BCUT2D eigenvalue weighted by molar-refractivity contribution is 5.18. The maximum absolute atomic E-state index is 5.85. The van der Waals surface area contributed by atoms with E-state index in [-0.39, 0.29) is 6.10 Å². The number of rotatable bonds is 8. The number of benzene rings is 1. The van der Waals surface area contributed by atoms with E-state index >= 15 is 0 Å². The molecule has 0 aliphatic rings. The van der Waals surface area contributed by atoms with Gasteiger partial charge in [-0.3, -0.25) is 0 Å². The molecule has 1 heteroatoms. The first kappa shape index (κ1) is 12.7. The molecule has 1 aromatic rings. The summed E-state index contributed by atoms with van der Waals surface area (Å²) in [6.45, 7) is 8.25. The maximum atomic E-state index is 5.85. The SMILES string of the molecule is C=CCCCOC(CC=C)c1ccccc1. The molecule has 86 valence electrons. The van der Waals surface area contributed by atoms with Gasteiger partial charge in [-0.1, -0.05) is 42.5 Å². The summed E-state index contributed by atoms with van der Waals surface area (Å²) >= 11 is 0. The van der Waals surface area contributed by atoms with Crippen molar-refractivity contribution >= 4 is 0 Å². The molecular formula is C15H20O. The largest absolute Gasteiger partial charge is 0.373 e. The van der Waals surface area contributed by atoms with E-state index in [0.29, 0.717) is 0 Å². The predicted molar refractivity (Wildman–Crippen MR) is 69.4 cm³/mol. The number of hydrogen-bond acceptors (Lipinski definition) is 1. The molecule has 0 spiro atoms. The van der Waals surface area contributed by atoms with Crippen LogP contribution in [-0.2, 0) is 4.74 Å². The Morgan fingerprint density at radius 1 is 1.12 bits per heavy atom. The topological polar surface area (TPSA) is 9.23 Å². The van der Waals surface area contributed by atoms with E-state index in [0.717, 1.165) is 25.9 Å². The lowest BCUT2D eigenvalue weighted by Gasteiger charge is -2.16. The summed E-state index contributed by atoms with van der Waals surface area (Å²) in [5.41, 5.74) is 1.22. The molecule has 0 aromatic heterocycles. The Hall–Kier alpha value is -1.34. The first-order chi connectivity index (χ1) is 7.88. The van der Waals surface area contributed by atoms with Gasteiger partial charge < -0.3 is 4.74 Å². The summed E-state index contributed by atoms with van der Waals surface area (Å²) < 4.78 is 5.85.